The highest BCUT2D eigenvalue weighted by Crippen LogP contribution is 2.33. The number of aromatic nitrogens is 1. The van der Waals surface area contributed by atoms with Crippen molar-refractivity contribution in [2.45, 2.75) is 11.8 Å². The average Bonchev–Trinajstić information content (AvgIpc) is 3.14. The number of aryl methyl sites for hydroxylation is 1. The second-order valence-electron chi connectivity index (χ2n) is 7.02. The SMILES string of the molecule is Cc1ccc(S(=O)(=O)CC(=O)N2CCN(c3nc4c(Cl)cccc4s3)CC2)cc1. The number of carbonyl (C=O) groups excluding carboxylic acids is 1. The summed E-state index contributed by atoms with van der Waals surface area (Å²) in [6.45, 7) is 4.03. The van der Waals surface area contributed by atoms with Crippen molar-refractivity contribution in [1.82, 2.24) is 9.88 Å². The minimum atomic E-state index is -3.64. The summed E-state index contributed by atoms with van der Waals surface area (Å²) in [7, 11) is -3.64. The van der Waals surface area contributed by atoms with E-state index in [2.05, 4.69) is 9.88 Å². The van der Waals surface area contributed by atoms with E-state index in [0.717, 1.165) is 20.9 Å². The van der Waals surface area contributed by atoms with Crippen LogP contribution in [-0.4, -0.2) is 56.1 Å². The fourth-order valence-electron chi connectivity index (χ4n) is 3.27. The van der Waals surface area contributed by atoms with Crippen LogP contribution in [-0.2, 0) is 14.6 Å². The number of thiazole rings is 1. The summed E-state index contributed by atoms with van der Waals surface area (Å²) in [5, 5.41) is 1.49. The van der Waals surface area contributed by atoms with E-state index in [9.17, 15) is 13.2 Å². The van der Waals surface area contributed by atoms with E-state index in [0.29, 0.717) is 31.2 Å². The summed E-state index contributed by atoms with van der Waals surface area (Å²) in [6.07, 6.45) is 0. The van der Waals surface area contributed by atoms with Gasteiger partial charge in [-0.15, -0.1) is 0 Å². The molecule has 1 aliphatic heterocycles. The lowest BCUT2D eigenvalue weighted by atomic mass is 10.2. The van der Waals surface area contributed by atoms with E-state index < -0.39 is 15.6 Å². The van der Waals surface area contributed by atoms with Gasteiger partial charge in [0.2, 0.25) is 5.91 Å². The summed E-state index contributed by atoms with van der Waals surface area (Å²) in [6, 6.07) is 12.3. The van der Waals surface area contributed by atoms with E-state index in [1.165, 1.54) is 0 Å². The standard InChI is InChI=1S/C20H20ClN3O3S2/c1-14-5-7-15(8-6-14)29(26,27)13-18(25)23-9-11-24(12-10-23)20-22-19-16(21)3-2-4-17(19)28-20/h2-8H,9-13H2,1H3. The number of halogens is 1. The Morgan fingerprint density at radius 3 is 2.45 bits per heavy atom. The normalized spacial score (nSPS) is 15.1. The van der Waals surface area contributed by atoms with Crippen LogP contribution in [0.5, 0.6) is 0 Å². The molecule has 0 saturated carbocycles. The zero-order valence-corrected chi connectivity index (χ0v) is 18.2. The third-order valence-electron chi connectivity index (χ3n) is 4.95. The first kappa shape index (κ1) is 20.1. The van der Waals surface area contributed by atoms with Gasteiger partial charge in [-0.2, -0.15) is 0 Å². The minimum absolute atomic E-state index is 0.182. The van der Waals surface area contributed by atoms with Crippen molar-refractivity contribution < 1.29 is 13.2 Å². The van der Waals surface area contributed by atoms with E-state index in [4.69, 9.17) is 11.6 Å². The Kier molecular flexibility index (Phi) is 5.50. The number of anilines is 1. The third kappa shape index (κ3) is 4.24. The molecular formula is C20H20ClN3O3S2. The first-order chi connectivity index (χ1) is 13.8. The maximum atomic E-state index is 12.6. The molecule has 152 valence electrons. The molecule has 29 heavy (non-hydrogen) atoms. The Morgan fingerprint density at radius 2 is 1.79 bits per heavy atom. The molecule has 6 nitrogen and oxygen atoms in total. The fourth-order valence-corrected chi connectivity index (χ4v) is 5.81. The molecule has 1 aromatic heterocycles. The van der Waals surface area contributed by atoms with Crippen molar-refractivity contribution in [3.8, 4) is 0 Å². The Morgan fingerprint density at radius 1 is 1.10 bits per heavy atom. The van der Waals surface area contributed by atoms with Crippen LogP contribution >= 0.6 is 22.9 Å². The monoisotopic (exact) mass is 449 g/mol. The summed E-state index contributed by atoms with van der Waals surface area (Å²) in [5.74, 6) is -0.870. The number of fused-ring (bicyclic) bond motifs is 1. The molecule has 1 fully saturated rings. The number of rotatable bonds is 4. The number of nitrogens with zero attached hydrogens (tertiary/aromatic N) is 3. The molecule has 1 saturated heterocycles. The summed E-state index contributed by atoms with van der Waals surface area (Å²) in [5.41, 5.74) is 1.76. The van der Waals surface area contributed by atoms with Crippen molar-refractivity contribution in [3.05, 3.63) is 53.1 Å². The summed E-state index contributed by atoms with van der Waals surface area (Å²) >= 11 is 7.78. The van der Waals surface area contributed by atoms with E-state index >= 15 is 0 Å². The molecule has 0 radical (unpaired) electrons. The van der Waals surface area contributed by atoms with Crippen LogP contribution in [0.1, 0.15) is 5.56 Å². The molecule has 0 atom stereocenters. The third-order valence-corrected chi connectivity index (χ3v) is 7.96. The minimum Gasteiger partial charge on any atom is -0.345 e. The van der Waals surface area contributed by atoms with Crippen LogP contribution < -0.4 is 4.90 Å². The van der Waals surface area contributed by atoms with Crippen LogP contribution in [0, 0.1) is 6.92 Å². The molecule has 0 N–H and O–H groups in total. The Labute approximate surface area is 178 Å². The highest BCUT2D eigenvalue weighted by molar-refractivity contribution is 7.92. The summed E-state index contributed by atoms with van der Waals surface area (Å²) < 4.78 is 26.1. The second kappa shape index (κ2) is 7.93. The maximum Gasteiger partial charge on any atom is 0.238 e. The van der Waals surface area contributed by atoms with Gasteiger partial charge in [-0.3, -0.25) is 4.79 Å². The molecule has 1 aliphatic rings. The van der Waals surface area contributed by atoms with Gasteiger partial charge in [-0.25, -0.2) is 13.4 Å². The number of sulfone groups is 1. The molecule has 1 amide bonds. The molecular weight excluding hydrogens is 430 g/mol. The van der Waals surface area contributed by atoms with E-state index in [1.807, 2.05) is 25.1 Å². The quantitative estimate of drug-likeness (QED) is 0.610. The zero-order valence-electron chi connectivity index (χ0n) is 15.8. The molecule has 2 heterocycles. The fraction of sp³-hybridized carbons (Fsp3) is 0.300. The first-order valence-electron chi connectivity index (χ1n) is 9.21. The highest BCUT2D eigenvalue weighted by Gasteiger charge is 2.27. The Hall–Kier alpha value is -2.16. The number of amides is 1. The van der Waals surface area contributed by atoms with Crippen molar-refractivity contribution in [2.75, 3.05) is 36.8 Å². The number of carbonyl (C=O) groups is 1. The molecule has 3 aromatic rings. The van der Waals surface area contributed by atoms with Crippen LogP contribution in [0.25, 0.3) is 10.2 Å². The molecule has 9 heteroatoms. The average molecular weight is 450 g/mol. The van der Waals surface area contributed by atoms with E-state index in [1.54, 1.807) is 40.5 Å². The van der Waals surface area contributed by atoms with Gasteiger partial charge in [0.25, 0.3) is 0 Å². The predicted molar refractivity (Wildman–Crippen MR) is 117 cm³/mol. The van der Waals surface area contributed by atoms with Crippen molar-refractivity contribution in [3.63, 3.8) is 0 Å². The second-order valence-corrected chi connectivity index (χ2v) is 10.4. The van der Waals surface area contributed by atoms with Gasteiger partial charge in [0.1, 0.15) is 11.3 Å². The van der Waals surface area contributed by atoms with Crippen LogP contribution in [0.4, 0.5) is 5.13 Å². The molecule has 4 rings (SSSR count). The highest BCUT2D eigenvalue weighted by atomic mass is 35.5. The summed E-state index contributed by atoms with van der Waals surface area (Å²) in [4.78, 5) is 21.1. The Balaban J connectivity index is 1.40. The lowest BCUT2D eigenvalue weighted by Gasteiger charge is -2.34. The van der Waals surface area contributed by atoms with Gasteiger partial charge < -0.3 is 9.80 Å². The number of hydrogen-bond acceptors (Lipinski definition) is 6. The lowest BCUT2D eigenvalue weighted by Crippen LogP contribution is -2.50. The van der Waals surface area contributed by atoms with Gasteiger partial charge in [0, 0.05) is 26.2 Å². The number of piperazine rings is 1. The smallest absolute Gasteiger partial charge is 0.238 e. The maximum absolute atomic E-state index is 12.6. The molecule has 0 unspecified atom stereocenters. The van der Waals surface area contributed by atoms with Gasteiger partial charge in [0.15, 0.2) is 15.0 Å². The zero-order chi connectivity index (χ0) is 20.6. The largest absolute Gasteiger partial charge is 0.345 e. The van der Waals surface area contributed by atoms with Crippen molar-refractivity contribution in [2.24, 2.45) is 0 Å². The van der Waals surface area contributed by atoms with Crippen molar-refractivity contribution >= 4 is 54.0 Å². The van der Waals surface area contributed by atoms with Gasteiger partial charge in [0.05, 0.1) is 14.6 Å². The number of benzene rings is 2. The molecule has 0 aliphatic carbocycles. The van der Waals surface area contributed by atoms with Gasteiger partial charge >= 0.3 is 0 Å². The number of para-hydroxylation sites is 1. The van der Waals surface area contributed by atoms with Gasteiger partial charge in [-0.05, 0) is 31.2 Å². The van der Waals surface area contributed by atoms with Crippen molar-refractivity contribution in [1.29, 1.82) is 0 Å². The van der Waals surface area contributed by atoms with Crippen LogP contribution in [0.2, 0.25) is 5.02 Å². The van der Waals surface area contributed by atoms with Crippen LogP contribution in [0.15, 0.2) is 47.4 Å². The first-order valence-corrected chi connectivity index (χ1v) is 12.1. The van der Waals surface area contributed by atoms with Gasteiger partial charge in [-0.1, -0.05) is 46.7 Å². The van der Waals surface area contributed by atoms with E-state index in [-0.39, 0.29) is 10.8 Å². The topological polar surface area (TPSA) is 70.6 Å². The molecule has 0 bridgehead atoms. The Bertz CT molecular complexity index is 1150. The number of hydrogen-bond donors (Lipinski definition) is 0. The van der Waals surface area contributed by atoms with Crippen LogP contribution in [0.3, 0.4) is 0 Å². The molecule has 0 spiro atoms. The predicted octanol–water partition coefficient (Wildman–Crippen LogP) is 3.38. The molecule has 2 aromatic carbocycles. The lowest BCUT2D eigenvalue weighted by molar-refractivity contribution is -0.128.